The van der Waals surface area contributed by atoms with Crippen LogP contribution in [0.1, 0.15) is 25.7 Å². The number of carbonyl (C=O) groups is 2. The number of nitrogens with one attached hydrogen (secondary N) is 2. The van der Waals surface area contributed by atoms with Crippen LogP contribution in [0.15, 0.2) is 23.1 Å². The summed E-state index contributed by atoms with van der Waals surface area (Å²) in [6.45, 7) is -1.40. The zero-order valence-corrected chi connectivity index (χ0v) is 14.1. The molecule has 0 atom stereocenters. The molecule has 10 heteroatoms. The monoisotopic (exact) mass is 376 g/mol. The van der Waals surface area contributed by atoms with Gasteiger partial charge in [-0.3, -0.25) is 9.59 Å². The molecule has 1 aliphatic carbocycles. The zero-order valence-electron chi connectivity index (χ0n) is 13.3. The molecule has 25 heavy (non-hydrogen) atoms. The largest absolute Gasteiger partial charge is 0.455 e. The zero-order chi connectivity index (χ0) is 18.4. The molecule has 1 amide bonds. The molecule has 0 unspecified atom stereocenters. The van der Waals surface area contributed by atoms with Crippen LogP contribution in [0, 0.1) is 11.6 Å². The van der Waals surface area contributed by atoms with Crippen LogP contribution < -0.4 is 10.0 Å². The van der Waals surface area contributed by atoms with Gasteiger partial charge in [0, 0.05) is 6.04 Å². The van der Waals surface area contributed by atoms with E-state index in [0.717, 1.165) is 43.9 Å². The summed E-state index contributed by atoms with van der Waals surface area (Å²) in [6.07, 6.45) is 3.79. The maximum Gasteiger partial charge on any atom is 0.321 e. The van der Waals surface area contributed by atoms with Crippen molar-refractivity contribution in [3.05, 3.63) is 29.8 Å². The Bertz CT molecular complexity index is 728. The fourth-order valence-corrected chi connectivity index (χ4v) is 3.60. The van der Waals surface area contributed by atoms with E-state index in [4.69, 9.17) is 0 Å². The van der Waals surface area contributed by atoms with Gasteiger partial charge in [-0.05, 0) is 25.0 Å². The number of amides is 1. The lowest BCUT2D eigenvalue weighted by molar-refractivity contribution is -0.147. The van der Waals surface area contributed by atoms with Crippen molar-refractivity contribution < 1.29 is 31.5 Å². The molecule has 1 aromatic carbocycles. The van der Waals surface area contributed by atoms with Crippen molar-refractivity contribution in [1.82, 2.24) is 10.0 Å². The first kappa shape index (κ1) is 19.3. The molecule has 0 heterocycles. The molecule has 0 saturated heterocycles. The van der Waals surface area contributed by atoms with E-state index in [9.17, 15) is 26.8 Å². The quantitative estimate of drug-likeness (QED) is 0.687. The van der Waals surface area contributed by atoms with Crippen molar-refractivity contribution in [3.8, 4) is 0 Å². The van der Waals surface area contributed by atoms with E-state index in [0.29, 0.717) is 0 Å². The molecule has 1 saturated carbocycles. The number of hydrogen-bond donors (Lipinski definition) is 2. The van der Waals surface area contributed by atoms with Crippen molar-refractivity contribution in [3.63, 3.8) is 0 Å². The summed E-state index contributed by atoms with van der Waals surface area (Å²) in [4.78, 5) is 21.9. The first-order valence-electron chi connectivity index (χ1n) is 7.68. The van der Waals surface area contributed by atoms with Crippen molar-refractivity contribution >= 4 is 21.9 Å². The Morgan fingerprint density at radius 2 is 1.76 bits per heavy atom. The Hall–Kier alpha value is -2.07. The van der Waals surface area contributed by atoms with E-state index < -0.39 is 51.6 Å². The molecule has 0 spiro atoms. The van der Waals surface area contributed by atoms with Gasteiger partial charge in [-0.25, -0.2) is 17.2 Å². The van der Waals surface area contributed by atoms with E-state index in [-0.39, 0.29) is 6.04 Å². The number of sulfonamides is 1. The van der Waals surface area contributed by atoms with Crippen LogP contribution in [-0.2, 0) is 24.3 Å². The summed E-state index contributed by atoms with van der Waals surface area (Å²) in [5, 5.41) is 2.69. The summed E-state index contributed by atoms with van der Waals surface area (Å²) >= 11 is 0. The molecular weight excluding hydrogens is 358 g/mol. The van der Waals surface area contributed by atoms with E-state index in [1.54, 1.807) is 4.72 Å². The Labute approximate surface area is 143 Å². The number of esters is 1. The fraction of sp³-hybridized carbons (Fsp3) is 0.467. The molecule has 1 aliphatic rings. The molecule has 2 rings (SSSR count). The first-order valence-corrected chi connectivity index (χ1v) is 9.16. The van der Waals surface area contributed by atoms with Crippen LogP contribution in [-0.4, -0.2) is 39.5 Å². The molecule has 0 aliphatic heterocycles. The van der Waals surface area contributed by atoms with Gasteiger partial charge < -0.3 is 10.1 Å². The van der Waals surface area contributed by atoms with Gasteiger partial charge in [0.25, 0.3) is 5.91 Å². The van der Waals surface area contributed by atoms with E-state index in [1.807, 2.05) is 0 Å². The standard InChI is InChI=1S/C15H18F2N2O5S/c16-11-6-3-7-12(17)15(11)25(22,23)18-8-14(21)24-9-13(20)19-10-4-1-2-5-10/h3,6-7,10,18H,1-2,4-5,8-9H2,(H,19,20). The van der Waals surface area contributed by atoms with Gasteiger partial charge >= 0.3 is 5.97 Å². The van der Waals surface area contributed by atoms with Crippen molar-refractivity contribution in [1.29, 1.82) is 0 Å². The second-order valence-corrected chi connectivity index (χ2v) is 7.29. The molecule has 0 bridgehead atoms. The van der Waals surface area contributed by atoms with Gasteiger partial charge in [0.1, 0.15) is 18.2 Å². The average Bonchev–Trinajstić information content (AvgIpc) is 3.03. The molecule has 138 valence electrons. The number of benzene rings is 1. The van der Waals surface area contributed by atoms with E-state index in [2.05, 4.69) is 10.1 Å². The first-order chi connectivity index (χ1) is 11.8. The van der Waals surface area contributed by atoms with Gasteiger partial charge in [-0.1, -0.05) is 18.9 Å². The molecular formula is C15H18F2N2O5S. The summed E-state index contributed by atoms with van der Waals surface area (Å²) in [5.74, 6) is -4.08. The Morgan fingerprint density at radius 3 is 2.36 bits per heavy atom. The van der Waals surface area contributed by atoms with Crippen LogP contribution >= 0.6 is 0 Å². The smallest absolute Gasteiger partial charge is 0.321 e. The lowest BCUT2D eigenvalue weighted by Crippen LogP contribution is -2.37. The molecule has 0 radical (unpaired) electrons. The topological polar surface area (TPSA) is 102 Å². The predicted octanol–water partition coefficient (Wildman–Crippen LogP) is 0.845. The van der Waals surface area contributed by atoms with Crippen LogP contribution in [0.4, 0.5) is 8.78 Å². The van der Waals surface area contributed by atoms with Crippen molar-refractivity contribution in [2.24, 2.45) is 0 Å². The highest BCUT2D eigenvalue weighted by Gasteiger charge is 2.25. The lowest BCUT2D eigenvalue weighted by atomic mass is 10.2. The molecule has 2 N–H and O–H groups in total. The third-order valence-corrected chi connectivity index (χ3v) is 5.13. The van der Waals surface area contributed by atoms with Crippen molar-refractivity contribution in [2.75, 3.05) is 13.2 Å². The second kappa shape index (κ2) is 8.34. The summed E-state index contributed by atoms with van der Waals surface area (Å²) in [5.41, 5.74) is 0. The lowest BCUT2D eigenvalue weighted by Gasteiger charge is -2.12. The van der Waals surface area contributed by atoms with Gasteiger partial charge in [0.2, 0.25) is 10.0 Å². The molecule has 0 aromatic heterocycles. The van der Waals surface area contributed by atoms with E-state index in [1.165, 1.54) is 0 Å². The minimum atomic E-state index is -4.58. The number of ether oxygens (including phenoxy) is 1. The van der Waals surface area contributed by atoms with Gasteiger partial charge in [0.05, 0.1) is 0 Å². The molecule has 7 nitrogen and oxygen atoms in total. The maximum absolute atomic E-state index is 13.5. The molecule has 1 aromatic rings. The summed E-state index contributed by atoms with van der Waals surface area (Å²) in [7, 11) is -4.58. The highest BCUT2D eigenvalue weighted by atomic mass is 32.2. The Balaban J connectivity index is 1.81. The summed E-state index contributed by atoms with van der Waals surface area (Å²) < 4.78 is 57.1. The second-order valence-electron chi connectivity index (χ2n) is 5.58. The van der Waals surface area contributed by atoms with Gasteiger partial charge in [-0.15, -0.1) is 0 Å². The molecule has 1 fully saturated rings. The van der Waals surface area contributed by atoms with Crippen LogP contribution in [0.25, 0.3) is 0 Å². The average molecular weight is 376 g/mol. The van der Waals surface area contributed by atoms with Gasteiger partial charge in [0.15, 0.2) is 11.5 Å². The predicted molar refractivity (Wildman–Crippen MR) is 82.9 cm³/mol. The highest BCUT2D eigenvalue weighted by molar-refractivity contribution is 7.89. The fourth-order valence-electron chi connectivity index (χ4n) is 2.50. The third-order valence-electron chi connectivity index (χ3n) is 3.68. The Kier molecular flexibility index (Phi) is 6.43. The van der Waals surface area contributed by atoms with Crippen LogP contribution in [0.2, 0.25) is 0 Å². The summed E-state index contributed by atoms with van der Waals surface area (Å²) in [6, 6.07) is 2.64. The maximum atomic E-state index is 13.5. The van der Waals surface area contributed by atoms with Crippen LogP contribution in [0.5, 0.6) is 0 Å². The number of halogens is 2. The van der Waals surface area contributed by atoms with Crippen molar-refractivity contribution in [2.45, 2.75) is 36.6 Å². The normalized spacial score (nSPS) is 15.1. The number of hydrogen-bond acceptors (Lipinski definition) is 5. The van der Waals surface area contributed by atoms with Crippen LogP contribution in [0.3, 0.4) is 0 Å². The highest BCUT2D eigenvalue weighted by Crippen LogP contribution is 2.18. The van der Waals surface area contributed by atoms with E-state index >= 15 is 0 Å². The minimum Gasteiger partial charge on any atom is -0.455 e. The minimum absolute atomic E-state index is 0.0636. The SMILES string of the molecule is O=C(COC(=O)CNS(=O)(=O)c1c(F)cccc1F)NC1CCCC1. The number of carbonyl (C=O) groups excluding carboxylic acids is 2. The third kappa shape index (κ3) is 5.46. The Morgan fingerprint density at radius 1 is 1.16 bits per heavy atom. The number of rotatable bonds is 7. The van der Waals surface area contributed by atoms with Gasteiger partial charge in [-0.2, -0.15) is 4.72 Å².